The van der Waals surface area contributed by atoms with Gasteiger partial charge < -0.3 is 15.2 Å². The van der Waals surface area contributed by atoms with E-state index < -0.39 is 11.9 Å². The number of aromatic nitrogens is 1. The van der Waals surface area contributed by atoms with Gasteiger partial charge in [0.1, 0.15) is 6.04 Å². The van der Waals surface area contributed by atoms with Crippen molar-refractivity contribution in [3.8, 4) is 0 Å². The maximum Gasteiger partial charge on any atom is 0.244 e. The van der Waals surface area contributed by atoms with Crippen molar-refractivity contribution < 1.29 is 9.59 Å². The second-order valence-corrected chi connectivity index (χ2v) is 6.66. The van der Waals surface area contributed by atoms with Crippen LogP contribution in [0.25, 0.3) is 10.9 Å². The number of benzene rings is 2. The highest BCUT2D eigenvalue weighted by Crippen LogP contribution is 2.30. The summed E-state index contributed by atoms with van der Waals surface area (Å²) in [5.74, 6) is -0.516. The predicted octanol–water partition coefficient (Wildman–Crippen LogP) is 2.64. The van der Waals surface area contributed by atoms with Crippen LogP contribution in [0, 0.1) is 0 Å². The Kier molecular flexibility index (Phi) is 4.21. The molecule has 2 amide bonds. The molecule has 0 fully saturated rings. The third-order valence-corrected chi connectivity index (χ3v) is 5.12. The Bertz CT molecular complexity index is 976. The van der Waals surface area contributed by atoms with Crippen LogP contribution < -0.4 is 5.73 Å². The van der Waals surface area contributed by atoms with Gasteiger partial charge in [0.15, 0.2) is 0 Å². The van der Waals surface area contributed by atoms with Crippen LogP contribution in [0.15, 0.2) is 60.8 Å². The Labute approximate surface area is 152 Å². The van der Waals surface area contributed by atoms with Crippen molar-refractivity contribution in [3.05, 3.63) is 71.9 Å². The number of amides is 2. The SMILES string of the molecule is NC(=O)C1c2ccccc2CCN1C(=O)CCn1ccc2ccccc21. The molecule has 0 saturated heterocycles. The number of fused-ring (bicyclic) bond motifs is 2. The Morgan fingerprint density at radius 1 is 1.04 bits per heavy atom. The molecule has 2 heterocycles. The van der Waals surface area contributed by atoms with Crippen molar-refractivity contribution in [1.29, 1.82) is 0 Å². The minimum atomic E-state index is -0.672. The molecule has 1 aromatic heterocycles. The van der Waals surface area contributed by atoms with Crippen LogP contribution in [-0.2, 0) is 22.6 Å². The van der Waals surface area contributed by atoms with Gasteiger partial charge in [-0.25, -0.2) is 0 Å². The number of hydrogen-bond acceptors (Lipinski definition) is 2. The van der Waals surface area contributed by atoms with Crippen molar-refractivity contribution in [2.45, 2.75) is 25.4 Å². The molecule has 0 bridgehead atoms. The minimum absolute atomic E-state index is 0.0407. The van der Waals surface area contributed by atoms with Crippen molar-refractivity contribution in [2.75, 3.05) is 6.54 Å². The molecule has 5 nitrogen and oxygen atoms in total. The van der Waals surface area contributed by atoms with Crippen LogP contribution in [-0.4, -0.2) is 27.8 Å². The summed E-state index contributed by atoms with van der Waals surface area (Å²) < 4.78 is 2.07. The lowest BCUT2D eigenvalue weighted by atomic mass is 9.92. The predicted molar refractivity (Wildman–Crippen MR) is 100 cm³/mol. The number of carbonyl (C=O) groups excluding carboxylic acids is 2. The number of carbonyl (C=O) groups is 2. The van der Waals surface area contributed by atoms with Gasteiger partial charge in [-0.05, 0) is 35.1 Å². The molecule has 132 valence electrons. The van der Waals surface area contributed by atoms with E-state index in [1.165, 1.54) is 0 Å². The summed E-state index contributed by atoms with van der Waals surface area (Å²) in [6.07, 6.45) is 3.08. The van der Waals surface area contributed by atoms with Gasteiger partial charge in [-0.2, -0.15) is 0 Å². The van der Waals surface area contributed by atoms with Crippen LogP contribution in [0.1, 0.15) is 23.6 Å². The highest BCUT2D eigenvalue weighted by Gasteiger charge is 2.34. The Balaban J connectivity index is 1.53. The highest BCUT2D eigenvalue weighted by molar-refractivity contribution is 5.88. The third-order valence-electron chi connectivity index (χ3n) is 5.12. The lowest BCUT2D eigenvalue weighted by molar-refractivity contribution is -0.140. The van der Waals surface area contributed by atoms with Gasteiger partial charge in [0.2, 0.25) is 11.8 Å². The Morgan fingerprint density at radius 3 is 2.65 bits per heavy atom. The first kappa shape index (κ1) is 16.4. The summed E-state index contributed by atoms with van der Waals surface area (Å²) in [5, 5.41) is 1.15. The minimum Gasteiger partial charge on any atom is -0.368 e. The molecule has 0 spiro atoms. The summed E-state index contributed by atoms with van der Waals surface area (Å²) in [5.41, 5.74) is 8.69. The highest BCUT2D eigenvalue weighted by atomic mass is 16.2. The molecule has 0 radical (unpaired) electrons. The summed E-state index contributed by atoms with van der Waals surface area (Å²) >= 11 is 0. The maximum atomic E-state index is 12.9. The first-order chi connectivity index (χ1) is 12.6. The van der Waals surface area contributed by atoms with Crippen LogP contribution in [0.2, 0.25) is 0 Å². The van der Waals surface area contributed by atoms with Gasteiger partial charge in [-0.1, -0.05) is 42.5 Å². The number of aryl methyl sites for hydroxylation is 1. The number of hydrogen-bond donors (Lipinski definition) is 1. The molecule has 1 aliphatic rings. The maximum absolute atomic E-state index is 12.9. The van der Waals surface area contributed by atoms with Crippen molar-refractivity contribution in [3.63, 3.8) is 0 Å². The fourth-order valence-corrected chi connectivity index (χ4v) is 3.84. The van der Waals surface area contributed by atoms with E-state index in [1.807, 2.05) is 54.7 Å². The van der Waals surface area contributed by atoms with Gasteiger partial charge in [0.25, 0.3) is 0 Å². The second-order valence-electron chi connectivity index (χ2n) is 6.66. The van der Waals surface area contributed by atoms with Gasteiger partial charge in [0, 0.05) is 31.2 Å². The van der Waals surface area contributed by atoms with Crippen molar-refractivity contribution in [1.82, 2.24) is 9.47 Å². The monoisotopic (exact) mass is 347 g/mol. The fourth-order valence-electron chi connectivity index (χ4n) is 3.84. The van der Waals surface area contributed by atoms with Crippen LogP contribution in [0.5, 0.6) is 0 Å². The molecule has 0 saturated carbocycles. The largest absolute Gasteiger partial charge is 0.368 e. The molecule has 3 aromatic rings. The van der Waals surface area contributed by atoms with E-state index in [4.69, 9.17) is 5.73 Å². The molecular formula is C21H21N3O2. The summed E-state index contributed by atoms with van der Waals surface area (Å²) in [4.78, 5) is 26.6. The van der Waals surface area contributed by atoms with E-state index in [1.54, 1.807) is 4.90 Å². The molecule has 2 N–H and O–H groups in total. The standard InChI is InChI=1S/C21H21N3O2/c22-21(26)20-17-7-3-1-5-15(17)10-14-24(20)19(25)11-13-23-12-9-16-6-2-4-8-18(16)23/h1-9,12,20H,10-11,13-14H2,(H2,22,26). The van der Waals surface area contributed by atoms with Gasteiger partial charge in [-0.3, -0.25) is 9.59 Å². The van der Waals surface area contributed by atoms with Gasteiger partial charge >= 0.3 is 0 Å². The zero-order valence-corrected chi connectivity index (χ0v) is 14.5. The Hall–Kier alpha value is -3.08. The summed E-state index contributed by atoms with van der Waals surface area (Å²) in [6.45, 7) is 1.10. The zero-order valence-electron chi connectivity index (χ0n) is 14.5. The summed E-state index contributed by atoms with van der Waals surface area (Å²) in [7, 11) is 0. The molecule has 1 aliphatic heterocycles. The lowest BCUT2D eigenvalue weighted by Crippen LogP contribution is -2.45. The molecule has 4 rings (SSSR count). The number of para-hydroxylation sites is 1. The van der Waals surface area contributed by atoms with E-state index in [2.05, 4.69) is 10.6 Å². The number of nitrogens with zero attached hydrogens (tertiary/aromatic N) is 2. The molecular weight excluding hydrogens is 326 g/mol. The Morgan fingerprint density at radius 2 is 1.81 bits per heavy atom. The van der Waals surface area contributed by atoms with E-state index in [-0.39, 0.29) is 5.91 Å². The molecule has 5 heteroatoms. The van der Waals surface area contributed by atoms with Crippen LogP contribution in [0.4, 0.5) is 0 Å². The molecule has 1 atom stereocenters. The number of rotatable bonds is 4. The van der Waals surface area contributed by atoms with E-state index in [9.17, 15) is 9.59 Å². The third kappa shape index (κ3) is 2.86. The normalized spacial score (nSPS) is 16.5. The molecule has 0 aliphatic carbocycles. The molecule has 2 aromatic carbocycles. The van der Waals surface area contributed by atoms with Gasteiger partial charge in [-0.15, -0.1) is 0 Å². The summed E-state index contributed by atoms with van der Waals surface area (Å²) in [6, 6.07) is 17.2. The lowest BCUT2D eigenvalue weighted by Gasteiger charge is -2.35. The van der Waals surface area contributed by atoms with E-state index >= 15 is 0 Å². The smallest absolute Gasteiger partial charge is 0.244 e. The quantitative estimate of drug-likeness (QED) is 0.788. The zero-order chi connectivity index (χ0) is 18.1. The average molecular weight is 347 g/mol. The average Bonchev–Trinajstić information content (AvgIpc) is 3.08. The first-order valence-electron chi connectivity index (χ1n) is 8.85. The van der Waals surface area contributed by atoms with E-state index in [0.717, 1.165) is 28.5 Å². The fraction of sp³-hybridized carbons (Fsp3) is 0.238. The topological polar surface area (TPSA) is 68.3 Å². The van der Waals surface area contributed by atoms with Gasteiger partial charge in [0.05, 0.1) is 0 Å². The molecule has 26 heavy (non-hydrogen) atoms. The van der Waals surface area contributed by atoms with Crippen LogP contribution in [0.3, 0.4) is 0 Å². The van der Waals surface area contributed by atoms with Crippen LogP contribution >= 0.6 is 0 Å². The number of nitrogens with two attached hydrogens (primary N) is 1. The van der Waals surface area contributed by atoms with Crippen molar-refractivity contribution >= 4 is 22.7 Å². The molecule has 1 unspecified atom stereocenters. The number of primary amides is 1. The second kappa shape index (κ2) is 6.67. The van der Waals surface area contributed by atoms with E-state index in [0.29, 0.717) is 19.5 Å². The first-order valence-corrected chi connectivity index (χ1v) is 8.85. The van der Waals surface area contributed by atoms with Crippen molar-refractivity contribution in [2.24, 2.45) is 5.73 Å².